The molecule has 3 heteroatoms. The lowest BCUT2D eigenvalue weighted by molar-refractivity contribution is 0.197. The van der Waals surface area contributed by atoms with Gasteiger partial charge < -0.3 is 10.1 Å². The SMILES string of the molecule is CCCCCCC(C)Oc1cccc(CNCC(C)C)n1. The van der Waals surface area contributed by atoms with Gasteiger partial charge >= 0.3 is 0 Å². The van der Waals surface area contributed by atoms with E-state index in [0.717, 1.165) is 31.1 Å². The van der Waals surface area contributed by atoms with Gasteiger partial charge in [-0.25, -0.2) is 4.98 Å². The van der Waals surface area contributed by atoms with Gasteiger partial charge in [-0.1, -0.05) is 46.1 Å². The summed E-state index contributed by atoms with van der Waals surface area (Å²) in [7, 11) is 0. The Bertz CT molecular complexity index is 379. The molecule has 1 atom stereocenters. The number of aromatic nitrogens is 1. The maximum absolute atomic E-state index is 5.92. The minimum absolute atomic E-state index is 0.244. The molecule has 0 aliphatic heterocycles. The van der Waals surface area contributed by atoms with Gasteiger partial charge in [-0.05, 0) is 38.3 Å². The van der Waals surface area contributed by atoms with E-state index in [4.69, 9.17) is 4.74 Å². The van der Waals surface area contributed by atoms with Crippen molar-refractivity contribution in [1.82, 2.24) is 10.3 Å². The lowest BCUT2D eigenvalue weighted by atomic mass is 10.1. The van der Waals surface area contributed by atoms with Gasteiger partial charge in [0.05, 0.1) is 11.8 Å². The molecule has 1 heterocycles. The van der Waals surface area contributed by atoms with Crippen LogP contribution >= 0.6 is 0 Å². The second-order valence-corrected chi connectivity index (χ2v) is 6.27. The summed E-state index contributed by atoms with van der Waals surface area (Å²) in [6.07, 6.45) is 6.50. The van der Waals surface area contributed by atoms with Gasteiger partial charge in [-0.3, -0.25) is 0 Å². The fourth-order valence-corrected chi connectivity index (χ4v) is 2.23. The molecule has 3 nitrogen and oxygen atoms in total. The highest BCUT2D eigenvalue weighted by molar-refractivity contribution is 5.16. The largest absolute Gasteiger partial charge is 0.475 e. The molecule has 0 amide bonds. The first-order valence-electron chi connectivity index (χ1n) is 8.45. The van der Waals surface area contributed by atoms with Crippen molar-refractivity contribution in [3.8, 4) is 5.88 Å². The van der Waals surface area contributed by atoms with Crippen LogP contribution in [-0.2, 0) is 6.54 Å². The van der Waals surface area contributed by atoms with Crippen LogP contribution in [0.25, 0.3) is 0 Å². The summed E-state index contributed by atoms with van der Waals surface area (Å²) in [6, 6.07) is 6.03. The van der Waals surface area contributed by atoms with Gasteiger partial charge in [0, 0.05) is 12.6 Å². The summed E-state index contributed by atoms with van der Waals surface area (Å²) >= 11 is 0. The Morgan fingerprint density at radius 2 is 1.95 bits per heavy atom. The summed E-state index contributed by atoms with van der Waals surface area (Å²) in [5.41, 5.74) is 1.05. The first-order chi connectivity index (χ1) is 10.1. The third-order valence-corrected chi connectivity index (χ3v) is 3.43. The monoisotopic (exact) mass is 292 g/mol. The van der Waals surface area contributed by atoms with E-state index in [9.17, 15) is 0 Å². The number of hydrogen-bond acceptors (Lipinski definition) is 3. The van der Waals surface area contributed by atoms with Crippen molar-refractivity contribution in [3.63, 3.8) is 0 Å². The van der Waals surface area contributed by atoms with Crippen molar-refractivity contribution < 1.29 is 4.74 Å². The fraction of sp³-hybridized carbons (Fsp3) is 0.722. The second kappa shape index (κ2) is 10.6. The molecule has 120 valence electrons. The standard InChI is InChI=1S/C18H32N2O/c1-5-6-7-8-10-16(4)21-18-12-9-11-17(20-18)14-19-13-15(2)3/h9,11-12,15-16,19H,5-8,10,13-14H2,1-4H3. The zero-order valence-corrected chi connectivity index (χ0v) is 14.2. The maximum Gasteiger partial charge on any atom is 0.213 e. The Morgan fingerprint density at radius 3 is 2.67 bits per heavy atom. The predicted molar refractivity (Wildman–Crippen MR) is 89.6 cm³/mol. The smallest absolute Gasteiger partial charge is 0.213 e. The predicted octanol–water partition coefficient (Wildman–Crippen LogP) is 4.56. The summed E-state index contributed by atoms with van der Waals surface area (Å²) in [5.74, 6) is 1.41. The molecule has 0 spiro atoms. The lowest BCUT2D eigenvalue weighted by Gasteiger charge is -2.14. The van der Waals surface area contributed by atoms with Crippen LogP contribution in [0.3, 0.4) is 0 Å². The maximum atomic E-state index is 5.92. The Balaban J connectivity index is 2.34. The summed E-state index contributed by atoms with van der Waals surface area (Å²) < 4.78 is 5.92. The molecule has 0 bridgehead atoms. The van der Waals surface area contributed by atoms with E-state index in [1.54, 1.807) is 0 Å². The molecule has 1 N–H and O–H groups in total. The van der Waals surface area contributed by atoms with Gasteiger partial charge in [-0.15, -0.1) is 0 Å². The summed E-state index contributed by atoms with van der Waals surface area (Å²) in [4.78, 5) is 4.57. The van der Waals surface area contributed by atoms with E-state index in [1.807, 2.05) is 18.2 Å². The van der Waals surface area contributed by atoms with E-state index in [-0.39, 0.29) is 6.10 Å². The zero-order chi connectivity index (χ0) is 15.5. The Hall–Kier alpha value is -1.09. The first-order valence-corrected chi connectivity index (χ1v) is 8.45. The lowest BCUT2D eigenvalue weighted by Crippen LogP contribution is -2.20. The van der Waals surface area contributed by atoms with Crippen LogP contribution in [0.4, 0.5) is 0 Å². The molecule has 21 heavy (non-hydrogen) atoms. The van der Waals surface area contributed by atoms with Gasteiger partial charge in [-0.2, -0.15) is 0 Å². The number of nitrogens with one attached hydrogen (secondary N) is 1. The molecular formula is C18H32N2O. The van der Waals surface area contributed by atoms with E-state index in [2.05, 4.69) is 38.0 Å². The summed E-state index contributed by atoms with van der Waals surface area (Å²) in [5, 5.41) is 3.41. The van der Waals surface area contributed by atoms with Crippen LogP contribution < -0.4 is 10.1 Å². The normalized spacial score (nSPS) is 12.6. The van der Waals surface area contributed by atoms with Gasteiger partial charge in [0.1, 0.15) is 0 Å². The number of pyridine rings is 1. The molecule has 1 aromatic heterocycles. The molecule has 0 aromatic carbocycles. The van der Waals surface area contributed by atoms with Crippen molar-refractivity contribution in [1.29, 1.82) is 0 Å². The van der Waals surface area contributed by atoms with Crippen LogP contribution in [0.1, 0.15) is 65.5 Å². The Labute approximate surface area is 130 Å². The number of rotatable bonds is 11. The van der Waals surface area contributed by atoms with E-state index < -0.39 is 0 Å². The molecule has 0 aliphatic rings. The molecule has 0 saturated heterocycles. The Morgan fingerprint density at radius 1 is 1.14 bits per heavy atom. The van der Waals surface area contributed by atoms with E-state index >= 15 is 0 Å². The minimum atomic E-state index is 0.244. The number of hydrogen-bond donors (Lipinski definition) is 1. The first kappa shape index (κ1) is 18.0. The highest BCUT2D eigenvalue weighted by Gasteiger charge is 2.06. The van der Waals surface area contributed by atoms with Crippen molar-refractivity contribution in [2.24, 2.45) is 5.92 Å². The van der Waals surface area contributed by atoms with Crippen LogP contribution in [0.5, 0.6) is 5.88 Å². The molecule has 1 unspecified atom stereocenters. The fourth-order valence-electron chi connectivity index (χ4n) is 2.23. The average molecular weight is 292 g/mol. The Kier molecular flexibility index (Phi) is 9.07. The number of ether oxygens (including phenoxy) is 1. The molecule has 1 aromatic rings. The van der Waals surface area contributed by atoms with Crippen LogP contribution in [0.2, 0.25) is 0 Å². The molecule has 0 radical (unpaired) electrons. The zero-order valence-electron chi connectivity index (χ0n) is 14.2. The molecule has 0 saturated carbocycles. The molecule has 1 rings (SSSR count). The highest BCUT2D eigenvalue weighted by atomic mass is 16.5. The third-order valence-electron chi connectivity index (χ3n) is 3.43. The number of nitrogens with zero attached hydrogens (tertiary/aromatic N) is 1. The number of unbranched alkanes of at least 4 members (excludes halogenated alkanes) is 3. The summed E-state index contributed by atoms with van der Waals surface area (Å²) in [6.45, 7) is 10.6. The average Bonchev–Trinajstić information content (AvgIpc) is 2.44. The molecular weight excluding hydrogens is 260 g/mol. The highest BCUT2D eigenvalue weighted by Crippen LogP contribution is 2.13. The van der Waals surface area contributed by atoms with E-state index in [1.165, 1.54) is 25.7 Å². The minimum Gasteiger partial charge on any atom is -0.475 e. The van der Waals surface area contributed by atoms with E-state index in [0.29, 0.717) is 5.92 Å². The van der Waals surface area contributed by atoms with Crippen molar-refractivity contribution in [2.75, 3.05) is 6.54 Å². The van der Waals surface area contributed by atoms with Crippen molar-refractivity contribution in [3.05, 3.63) is 23.9 Å². The van der Waals surface area contributed by atoms with Gasteiger partial charge in [0.25, 0.3) is 0 Å². The quantitative estimate of drug-likeness (QED) is 0.607. The van der Waals surface area contributed by atoms with Crippen LogP contribution in [0, 0.1) is 5.92 Å². The van der Waals surface area contributed by atoms with Crippen molar-refractivity contribution >= 4 is 0 Å². The van der Waals surface area contributed by atoms with Crippen LogP contribution in [-0.4, -0.2) is 17.6 Å². The third kappa shape index (κ3) is 8.71. The molecule has 0 fully saturated rings. The van der Waals surface area contributed by atoms with Gasteiger partial charge in [0.15, 0.2) is 0 Å². The van der Waals surface area contributed by atoms with Gasteiger partial charge in [0.2, 0.25) is 5.88 Å². The van der Waals surface area contributed by atoms with Crippen LogP contribution in [0.15, 0.2) is 18.2 Å². The van der Waals surface area contributed by atoms with Crippen molar-refractivity contribution in [2.45, 2.75) is 72.4 Å². The topological polar surface area (TPSA) is 34.1 Å². The second-order valence-electron chi connectivity index (χ2n) is 6.27. The molecule has 0 aliphatic carbocycles.